The topological polar surface area (TPSA) is 86.1 Å². The van der Waals surface area contributed by atoms with Crippen LogP contribution < -0.4 is 15.5 Å². The third-order valence-corrected chi connectivity index (χ3v) is 5.29. The Hall–Kier alpha value is -2.97. The van der Waals surface area contributed by atoms with Crippen LogP contribution in [-0.2, 0) is 7.05 Å². The Morgan fingerprint density at radius 3 is 2.89 bits per heavy atom. The van der Waals surface area contributed by atoms with Crippen LogP contribution in [0.1, 0.15) is 17.4 Å². The number of hydrogen-bond donors (Lipinski definition) is 1. The maximum absolute atomic E-state index is 12.7. The molecule has 7 nitrogen and oxygen atoms in total. The maximum Gasteiger partial charge on any atom is 0.281 e. The van der Waals surface area contributed by atoms with Gasteiger partial charge in [-0.2, -0.15) is 5.10 Å². The molecule has 9 heteroatoms. The van der Waals surface area contributed by atoms with Crippen molar-refractivity contribution < 1.29 is 9.53 Å². The molecule has 2 aromatic heterocycles. The molecule has 4 aromatic rings. The number of nitrogens with zero attached hydrogens (tertiary/aromatic N) is 3. The molecule has 0 unspecified atom stereocenters. The molecule has 0 aliphatic heterocycles. The minimum absolute atomic E-state index is 0.216. The van der Waals surface area contributed by atoms with Crippen LogP contribution >= 0.6 is 22.9 Å². The third kappa shape index (κ3) is 3.32. The van der Waals surface area contributed by atoms with E-state index in [1.54, 1.807) is 19.2 Å². The number of aryl methyl sites for hydroxylation is 1. The van der Waals surface area contributed by atoms with Crippen molar-refractivity contribution in [2.75, 3.05) is 11.9 Å². The Kier molecular flexibility index (Phi) is 4.74. The summed E-state index contributed by atoms with van der Waals surface area (Å²) < 4.78 is 7.83. The molecule has 142 valence electrons. The van der Waals surface area contributed by atoms with Crippen LogP contribution in [0.5, 0.6) is 5.75 Å². The quantitative estimate of drug-likeness (QED) is 0.548. The second-order valence-corrected chi connectivity index (χ2v) is 7.47. The van der Waals surface area contributed by atoms with E-state index in [1.165, 1.54) is 22.1 Å². The van der Waals surface area contributed by atoms with E-state index < -0.39 is 11.3 Å². The number of nitrogens with one attached hydrogen (secondary N) is 1. The van der Waals surface area contributed by atoms with Crippen LogP contribution in [0.15, 0.2) is 41.2 Å². The standard InChI is InChI=1S/C19H15ClN4O3S/c1-3-27-11-5-6-13-15(9-11)28-19(21-13)22-18(26)16-17(25)12-8-10(20)4-7-14(12)24(2)23-16/h4-9H,3H2,1-2H3,(H,21,22,26). The van der Waals surface area contributed by atoms with E-state index in [4.69, 9.17) is 16.3 Å². The molecule has 0 atom stereocenters. The van der Waals surface area contributed by atoms with Crippen molar-refractivity contribution in [3.05, 3.63) is 57.3 Å². The van der Waals surface area contributed by atoms with Crippen molar-refractivity contribution in [3.63, 3.8) is 0 Å². The number of amides is 1. The van der Waals surface area contributed by atoms with E-state index >= 15 is 0 Å². The van der Waals surface area contributed by atoms with Crippen molar-refractivity contribution in [3.8, 4) is 5.75 Å². The predicted molar refractivity (Wildman–Crippen MR) is 111 cm³/mol. The lowest BCUT2D eigenvalue weighted by Gasteiger charge is -2.07. The number of rotatable bonds is 4. The maximum atomic E-state index is 12.7. The van der Waals surface area contributed by atoms with Gasteiger partial charge in [0.2, 0.25) is 5.43 Å². The lowest BCUT2D eigenvalue weighted by molar-refractivity contribution is 0.101. The summed E-state index contributed by atoms with van der Waals surface area (Å²) in [4.78, 5) is 29.8. The molecule has 28 heavy (non-hydrogen) atoms. The van der Waals surface area contributed by atoms with Gasteiger partial charge in [-0.25, -0.2) is 4.98 Å². The van der Waals surface area contributed by atoms with E-state index in [1.807, 2.05) is 25.1 Å². The first-order chi connectivity index (χ1) is 13.5. The molecule has 0 radical (unpaired) electrons. The van der Waals surface area contributed by atoms with Gasteiger partial charge in [-0.3, -0.25) is 19.6 Å². The van der Waals surface area contributed by atoms with Gasteiger partial charge in [0.05, 0.1) is 27.7 Å². The number of ether oxygens (including phenoxy) is 1. The molecule has 0 fully saturated rings. The molecule has 4 rings (SSSR count). The van der Waals surface area contributed by atoms with Crippen LogP contribution in [0.4, 0.5) is 5.13 Å². The molecule has 2 aromatic carbocycles. The summed E-state index contributed by atoms with van der Waals surface area (Å²) in [6, 6.07) is 10.4. The molecule has 2 heterocycles. The summed E-state index contributed by atoms with van der Waals surface area (Å²) in [6.07, 6.45) is 0. The Balaban J connectivity index is 1.69. The minimum atomic E-state index is -0.619. The van der Waals surface area contributed by atoms with Gasteiger partial charge in [0.1, 0.15) is 5.75 Å². The van der Waals surface area contributed by atoms with Crippen molar-refractivity contribution in [2.45, 2.75) is 6.92 Å². The highest BCUT2D eigenvalue weighted by Gasteiger charge is 2.18. The molecule has 1 N–H and O–H groups in total. The van der Waals surface area contributed by atoms with Gasteiger partial charge in [0.15, 0.2) is 10.8 Å². The van der Waals surface area contributed by atoms with Gasteiger partial charge in [-0.15, -0.1) is 0 Å². The van der Waals surface area contributed by atoms with Crippen LogP contribution in [0.25, 0.3) is 21.1 Å². The van der Waals surface area contributed by atoms with Gasteiger partial charge in [0, 0.05) is 12.1 Å². The molecule has 1 amide bonds. The van der Waals surface area contributed by atoms with Crippen molar-refractivity contribution in [1.29, 1.82) is 0 Å². The van der Waals surface area contributed by atoms with Crippen LogP contribution in [-0.4, -0.2) is 27.3 Å². The highest BCUT2D eigenvalue weighted by Crippen LogP contribution is 2.29. The zero-order valence-electron chi connectivity index (χ0n) is 15.0. The number of carbonyl (C=O) groups excluding carboxylic acids is 1. The molecule has 0 aliphatic carbocycles. The summed E-state index contributed by atoms with van der Waals surface area (Å²) >= 11 is 7.29. The fourth-order valence-corrected chi connectivity index (χ4v) is 3.93. The lowest BCUT2D eigenvalue weighted by atomic mass is 10.2. The summed E-state index contributed by atoms with van der Waals surface area (Å²) in [7, 11) is 1.67. The Labute approximate surface area is 168 Å². The Bertz CT molecular complexity index is 1280. The van der Waals surface area contributed by atoms with Crippen molar-refractivity contribution in [1.82, 2.24) is 14.8 Å². The number of thiazole rings is 1. The van der Waals surface area contributed by atoms with Crippen molar-refractivity contribution >= 4 is 55.1 Å². The first-order valence-electron chi connectivity index (χ1n) is 8.47. The zero-order valence-corrected chi connectivity index (χ0v) is 16.6. The summed E-state index contributed by atoms with van der Waals surface area (Å²) in [5, 5.41) is 7.92. The minimum Gasteiger partial charge on any atom is -0.494 e. The van der Waals surface area contributed by atoms with Crippen LogP contribution in [0.3, 0.4) is 0 Å². The third-order valence-electron chi connectivity index (χ3n) is 4.12. The Morgan fingerprint density at radius 1 is 1.29 bits per heavy atom. The highest BCUT2D eigenvalue weighted by molar-refractivity contribution is 7.22. The number of anilines is 1. The van der Waals surface area contributed by atoms with E-state index in [0.29, 0.717) is 27.7 Å². The van der Waals surface area contributed by atoms with Crippen LogP contribution in [0, 0.1) is 0 Å². The Morgan fingerprint density at radius 2 is 2.11 bits per heavy atom. The molecule has 0 aliphatic rings. The van der Waals surface area contributed by atoms with E-state index in [-0.39, 0.29) is 5.69 Å². The molecule has 0 saturated heterocycles. The van der Waals surface area contributed by atoms with E-state index in [0.717, 1.165) is 16.0 Å². The van der Waals surface area contributed by atoms with Gasteiger partial charge in [-0.05, 0) is 43.3 Å². The van der Waals surface area contributed by atoms with E-state index in [2.05, 4.69) is 15.4 Å². The summed E-state index contributed by atoms with van der Waals surface area (Å²) in [5.74, 6) is 0.116. The first kappa shape index (κ1) is 18.4. The predicted octanol–water partition coefficient (Wildman–Crippen LogP) is 3.85. The fourth-order valence-electron chi connectivity index (χ4n) is 2.87. The number of fused-ring (bicyclic) bond motifs is 2. The number of hydrogen-bond acceptors (Lipinski definition) is 6. The molecular formula is C19H15ClN4O3S. The van der Waals surface area contributed by atoms with Gasteiger partial charge in [-0.1, -0.05) is 22.9 Å². The zero-order chi connectivity index (χ0) is 19.8. The first-order valence-corrected chi connectivity index (χ1v) is 9.67. The summed E-state index contributed by atoms with van der Waals surface area (Å²) in [6.45, 7) is 2.47. The number of carbonyl (C=O) groups is 1. The second-order valence-electron chi connectivity index (χ2n) is 6.00. The smallest absolute Gasteiger partial charge is 0.281 e. The van der Waals surface area contributed by atoms with Gasteiger partial charge in [0.25, 0.3) is 5.91 Å². The monoisotopic (exact) mass is 414 g/mol. The SMILES string of the molecule is CCOc1ccc2nc(NC(=O)c3nn(C)c4ccc(Cl)cc4c3=O)sc2c1. The normalized spacial score (nSPS) is 11.1. The fraction of sp³-hybridized carbons (Fsp3) is 0.158. The molecule has 0 saturated carbocycles. The molecule has 0 bridgehead atoms. The van der Waals surface area contributed by atoms with Gasteiger partial charge >= 0.3 is 0 Å². The second kappa shape index (κ2) is 7.21. The average molecular weight is 415 g/mol. The lowest BCUT2D eigenvalue weighted by Crippen LogP contribution is -2.26. The number of aromatic nitrogens is 3. The van der Waals surface area contributed by atoms with Crippen LogP contribution in [0.2, 0.25) is 5.02 Å². The van der Waals surface area contributed by atoms with Crippen molar-refractivity contribution in [2.24, 2.45) is 7.05 Å². The van der Waals surface area contributed by atoms with E-state index in [9.17, 15) is 9.59 Å². The molecule has 0 spiro atoms. The highest BCUT2D eigenvalue weighted by atomic mass is 35.5. The van der Waals surface area contributed by atoms with Gasteiger partial charge < -0.3 is 4.74 Å². The molecular weight excluding hydrogens is 400 g/mol. The largest absolute Gasteiger partial charge is 0.494 e. The number of halogens is 1. The number of benzene rings is 2. The summed E-state index contributed by atoms with van der Waals surface area (Å²) in [5.41, 5.74) is 0.628. The average Bonchev–Trinajstić information content (AvgIpc) is 3.06.